The molecule has 0 heterocycles. The van der Waals surface area contributed by atoms with Gasteiger partial charge in [0.05, 0.1) is 11.4 Å². The molecular weight excluding hydrogens is 148 g/mol. The van der Waals surface area contributed by atoms with E-state index in [1.54, 1.807) is 0 Å². The molecule has 0 aromatic heterocycles. The van der Waals surface area contributed by atoms with Crippen molar-refractivity contribution in [3.8, 4) is 0 Å². The first-order valence-corrected chi connectivity index (χ1v) is 4.14. The third-order valence-electron chi connectivity index (χ3n) is 1.31. The average Bonchev–Trinajstić information content (AvgIpc) is 2.33. The van der Waals surface area contributed by atoms with E-state index in [0.29, 0.717) is 5.70 Å². The standard InChI is InChI=1S/C8H10N2.C2H6.H2/c1-10-8-6-4-2-3-5-7(8)9;1-2;/h3-6H,1-2,9H2;1-2H3;1H. The SMILES string of the molecule is C=NC1=C(N)C=CCC=C1.CC.[HH]. The fraction of sp³-hybridized carbons (Fsp3) is 0.300. The molecule has 0 fully saturated rings. The topological polar surface area (TPSA) is 38.4 Å². The molecule has 2 nitrogen and oxygen atoms in total. The smallest absolute Gasteiger partial charge is 0.0848 e. The molecule has 1 rings (SSSR count). The molecule has 0 saturated heterocycles. The van der Waals surface area contributed by atoms with Gasteiger partial charge < -0.3 is 5.73 Å². The first-order chi connectivity index (χ1) is 5.84. The van der Waals surface area contributed by atoms with Crippen LogP contribution in [-0.4, -0.2) is 6.72 Å². The van der Waals surface area contributed by atoms with Crippen molar-refractivity contribution < 1.29 is 1.43 Å². The lowest BCUT2D eigenvalue weighted by molar-refractivity contribution is 1.29. The Morgan fingerprint density at radius 3 is 2.58 bits per heavy atom. The van der Waals surface area contributed by atoms with Crippen LogP contribution in [0.3, 0.4) is 0 Å². The molecule has 1 aliphatic carbocycles. The molecule has 0 radical (unpaired) electrons. The Hall–Kier alpha value is -1.31. The quantitative estimate of drug-likeness (QED) is 0.597. The van der Waals surface area contributed by atoms with Crippen LogP contribution in [0.1, 0.15) is 21.7 Å². The van der Waals surface area contributed by atoms with Crippen molar-refractivity contribution in [2.75, 3.05) is 0 Å². The van der Waals surface area contributed by atoms with Crippen LogP contribution in [0.4, 0.5) is 0 Å². The monoisotopic (exact) mass is 166 g/mol. The molecule has 2 heteroatoms. The van der Waals surface area contributed by atoms with E-state index >= 15 is 0 Å². The minimum atomic E-state index is 0. The van der Waals surface area contributed by atoms with Crippen molar-refractivity contribution in [1.82, 2.24) is 0 Å². The predicted molar refractivity (Wildman–Crippen MR) is 57.1 cm³/mol. The summed E-state index contributed by atoms with van der Waals surface area (Å²) in [5.74, 6) is 0. The van der Waals surface area contributed by atoms with Crippen LogP contribution in [0.2, 0.25) is 0 Å². The zero-order valence-corrected chi connectivity index (χ0v) is 7.75. The van der Waals surface area contributed by atoms with E-state index in [-0.39, 0.29) is 1.43 Å². The van der Waals surface area contributed by atoms with Crippen molar-refractivity contribution in [3.63, 3.8) is 0 Å². The molecule has 0 unspecified atom stereocenters. The maximum Gasteiger partial charge on any atom is 0.0848 e. The van der Waals surface area contributed by atoms with Gasteiger partial charge in [-0.25, -0.2) is 0 Å². The van der Waals surface area contributed by atoms with Gasteiger partial charge in [0.15, 0.2) is 0 Å². The van der Waals surface area contributed by atoms with Crippen molar-refractivity contribution in [3.05, 3.63) is 35.7 Å². The maximum atomic E-state index is 5.60. The molecule has 0 aromatic rings. The molecule has 0 amide bonds. The first kappa shape index (κ1) is 10.7. The Morgan fingerprint density at radius 1 is 1.42 bits per heavy atom. The Labute approximate surface area is 75.7 Å². The highest BCUT2D eigenvalue weighted by Gasteiger charge is 1.94. The number of aliphatic imine (C=N–C) groups is 1. The highest BCUT2D eigenvalue weighted by molar-refractivity contribution is 5.39. The van der Waals surface area contributed by atoms with Gasteiger partial charge in [0, 0.05) is 1.43 Å². The van der Waals surface area contributed by atoms with E-state index in [1.165, 1.54) is 0 Å². The summed E-state index contributed by atoms with van der Waals surface area (Å²) in [6.45, 7) is 7.40. The predicted octanol–water partition coefficient (Wildman–Crippen LogP) is 2.65. The van der Waals surface area contributed by atoms with Gasteiger partial charge in [-0.15, -0.1) is 0 Å². The maximum absolute atomic E-state index is 5.60. The first-order valence-electron chi connectivity index (χ1n) is 4.14. The normalized spacial score (nSPS) is 14.8. The molecule has 0 spiro atoms. The van der Waals surface area contributed by atoms with Crippen LogP contribution in [0.25, 0.3) is 0 Å². The number of allylic oxidation sites excluding steroid dienone is 4. The molecule has 1 aliphatic rings. The van der Waals surface area contributed by atoms with E-state index < -0.39 is 0 Å². The second-order valence-corrected chi connectivity index (χ2v) is 2.04. The summed E-state index contributed by atoms with van der Waals surface area (Å²) < 4.78 is 0. The third-order valence-corrected chi connectivity index (χ3v) is 1.31. The Balaban J connectivity index is 0. The van der Waals surface area contributed by atoms with Crippen molar-refractivity contribution in [1.29, 1.82) is 0 Å². The van der Waals surface area contributed by atoms with Gasteiger partial charge in [0.25, 0.3) is 0 Å². The van der Waals surface area contributed by atoms with Crippen LogP contribution in [0.5, 0.6) is 0 Å². The zero-order valence-electron chi connectivity index (χ0n) is 7.75. The van der Waals surface area contributed by atoms with Gasteiger partial charge >= 0.3 is 0 Å². The van der Waals surface area contributed by atoms with Gasteiger partial charge in [-0.2, -0.15) is 0 Å². The van der Waals surface area contributed by atoms with Crippen molar-refractivity contribution >= 4 is 6.72 Å². The average molecular weight is 166 g/mol. The summed E-state index contributed by atoms with van der Waals surface area (Å²) in [7, 11) is 0. The lowest BCUT2D eigenvalue weighted by Crippen LogP contribution is -1.95. The second kappa shape index (κ2) is 6.40. The molecule has 0 saturated carbocycles. The second-order valence-electron chi connectivity index (χ2n) is 2.04. The molecule has 68 valence electrons. The van der Waals surface area contributed by atoms with E-state index in [1.807, 2.05) is 38.2 Å². The van der Waals surface area contributed by atoms with Crippen LogP contribution < -0.4 is 5.73 Å². The fourth-order valence-electron chi connectivity index (χ4n) is 0.779. The van der Waals surface area contributed by atoms with Gasteiger partial charge in [-0.05, 0) is 25.3 Å². The third kappa shape index (κ3) is 3.19. The Kier molecular flexibility index (Phi) is 5.70. The minimum absolute atomic E-state index is 0. The van der Waals surface area contributed by atoms with Crippen molar-refractivity contribution in [2.24, 2.45) is 10.7 Å². The van der Waals surface area contributed by atoms with Crippen LogP contribution in [0, 0.1) is 0 Å². The van der Waals surface area contributed by atoms with Crippen LogP contribution in [-0.2, 0) is 0 Å². The van der Waals surface area contributed by atoms with E-state index in [0.717, 1.165) is 12.1 Å². The molecule has 12 heavy (non-hydrogen) atoms. The summed E-state index contributed by atoms with van der Waals surface area (Å²) in [5, 5.41) is 0. The number of rotatable bonds is 1. The highest BCUT2D eigenvalue weighted by atomic mass is 14.7. The number of hydrogen-bond donors (Lipinski definition) is 1. The van der Waals surface area contributed by atoms with Crippen molar-refractivity contribution in [2.45, 2.75) is 20.3 Å². The van der Waals surface area contributed by atoms with Gasteiger partial charge in [-0.1, -0.05) is 26.0 Å². The van der Waals surface area contributed by atoms with Gasteiger partial charge in [0.2, 0.25) is 0 Å². The Morgan fingerprint density at radius 2 is 2.00 bits per heavy atom. The fourth-order valence-corrected chi connectivity index (χ4v) is 0.779. The molecule has 0 bridgehead atoms. The highest BCUT2D eigenvalue weighted by Crippen LogP contribution is 2.08. The summed E-state index contributed by atoms with van der Waals surface area (Å²) in [6.07, 6.45) is 8.64. The number of nitrogens with two attached hydrogens (primary N) is 1. The van der Waals surface area contributed by atoms with Gasteiger partial charge in [-0.3, -0.25) is 4.99 Å². The zero-order chi connectivity index (χ0) is 9.40. The minimum Gasteiger partial charge on any atom is -0.397 e. The summed E-state index contributed by atoms with van der Waals surface area (Å²) in [5.41, 5.74) is 7.04. The molecule has 0 aromatic carbocycles. The summed E-state index contributed by atoms with van der Waals surface area (Å²) in [6, 6.07) is 0. The molecule has 0 atom stereocenters. The lowest BCUT2D eigenvalue weighted by Gasteiger charge is -1.93. The molecular formula is C10H18N2. The summed E-state index contributed by atoms with van der Waals surface area (Å²) in [4.78, 5) is 3.76. The Bertz CT molecular complexity index is 227. The molecule has 0 aliphatic heterocycles. The summed E-state index contributed by atoms with van der Waals surface area (Å²) >= 11 is 0. The van der Waals surface area contributed by atoms with E-state index in [9.17, 15) is 0 Å². The van der Waals surface area contributed by atoms with E-state index in [2.05, 4.69) is 11.7 Å². The van der Waals surface area contributed by atoms with Crippen LogP contribution in [0.15, 0.2) is 40.7 Å². The van der Waals surface area contributed by atoms with E-state index in [4.69, 9.17) is 5.73 Å². The lowest BCUT2D eigenvalue weighted by atomic mass is 10.3. The largest absolute Gasteiger partial charge is 0.397 e. The number of nitrogens with zero attached hydrogens (tertiary/aromatic N) is 1. The molecule has 2 N–H and O–H groups in total. The van der Waals surface area contributed by atoms with Crippen LogP contribution >= 0.6 is 0 Å². The number of hydrogen-bond acceptors (Lipinski definition) is 2. The van der Waals surface area contributed by atoms with Gasteiger partial charge in [0.1, 0.15) is 0 Å².